The molecule has 0 bridgehead atoms. The van der Waals surface area contributed by atoms with Crippen molar-refractivity contribution in [1.82, 2.24) is 0 Å². The van der Waals surface area contributed by atoms with Crippen LogP contribution in [0.2, 0.25) is 0 Å². The van der Waals surface area contributed by atoms with Gasteiger partial charge in [0.05, 0.1) is 9.85 Å². The van der Waals surface area contributed by atoms with Crippen molar-refractivity contribution in [2.24, 2.45) is 0 Å². The van der Waals surface area contributed by atoms with E-state index >= 15 is 0 Å². The first kappa shape index (κ1) is 17.9. The van der Waals surface area contributed by atoms with Crippen LogP contribution in [0.1, 0.15) is 0 Å². The fourth-order valence-corrected chi connectivity index (χ4v) is 2.21. The van der Waals surface area contributed by atoms with Crippen molar-refractivity contribution in [3.63, 3.8) is 0 Å². The fraction of sp³-hybridized carbons (Fsp3) is 0.167. The maximum Gasteiger partial charge on any atom is 0.264 e. The third-order valence-electron chi connectivity index (χ3n) is 2.31. The Kier molecular flexibility index (Phi) is 7.26. The predicted molar refractivity (Wildman–Crippen MR) is 90.9 cm³/mol. The smallest absolute Gasteiger partial charge is 0.264 e. The van der Waals surface area contributed by atoms with Crippen molar-refractivity contribution in [2.45, 2.75) is 0 Å². The normalized spacial score (nSPS) is 11.9. The summed E-state index contributed by atoms with van der Waals surface area (Å²) in [5, 5.41) is 27.6. The topological polar surface area (TPSA) is 110 Å². The summed E-state index contributed by atoms with van der Waals surface area (Å²) in [6, 6.07) is 6.87. The lowest BCUT2D eigenvalue weighted by Crippen LogP contribution is -2.01. The molecule has 0 fully saturated rings. The van der Waals surface area contributed by atoms with E-state index < -0.39 is 9.85 Å². The molecule has 0 spiro atoms. The zero-order chi connectivity index (χ0) is 16.5. The maximum atomic E-state index is 10.5. The average molecular weight is 342 g/mol. The van der Waals surface area contributed by atoms with E-state index in [-0.39, 0.29) is 0 Å². The second kappa shape index (κ2) is 8.95. The standard InChI is InChI=1S/C12H14N4O4S2/c1-21-11(7-15(17)18)13-9-3-5-10(6-4-9)14-12(22-2)8-16(19)20/h3-8,13-14H,1-2H3/b11-7-,12-8-. The Morgan fingerprint density at radius 1 is 0.909 bits per heavy atom. The molecule has 1 rings (SSSR count). The van der Waals surface area contributed by atoms with Crippen molar-refractivity contribution < 1.29 is 9.85 Å². The van der Waals surface area contributed by atoms with Gasteiger partial charge in [0.25, 0.3) is 12.4 Å². The van der Waals surface area contributed by atoms with E-state index in [0.29, 0.717) is 21.4 Å². The summed E-state index contributed by atoms with van der Waals surface area (Å²) < 4.78 is 0. The SMILES string of the molecule is CS/C(=C\[N+](=O)[O-])Nc1ccc(N/C(=C/[N+](=O)[O-])SC)cc1. The molecule has 118 valence electrons. The molecule has 1 aromatic carbocycles. The van der Waals surface area contributed by atoms with E-state index in [1.165, 1.54) is 23.5 Å². The summed E-state index contributed by atoms with van der Waals surface area (Å²) in [5.41, 5.74) is 1.36. The van der Waals surface area contributed by atoms with E-state index in [2.05, 4.69) is 10.6 Å². The highest BCUT2D eigenvalue weighted by Gasteiger charge is 2.04. The second-order valence-corrected chi connectivity index (χ2v) is 5.49. The van der Waals surface area contributed by atoms with Crippen molar-refractivity contribution >= 4 is 34.9 Å². The van der Waals surface area contributed by atoms with Crippen LogP contribution < -0.4 is 10.6 Å². The third-order valence-corrected chi connectivity index (χ3v) is 3.60. The zero-order valence-electron chi connectivity index (χ0n) is 11.8. The zero-order valence-corrected chi connectivity index (χ0v) is 13.4. The van der Waals surface area contributed by atoms with Crippen LogP contribution in [0.15, 0.2) is 46.7 Å². The Morgan fingerprint density at radius 2 is 1.23 bits per heavy atom. The lowest BCUT2D eigenvalue weighted by atomic mass is 10.3. The fourth-order valence-electron chi connectivity index (χ4n) is 1.38. The van der Waals surface area contributed by atoms with E-state index in [1.807, 2.05) is 0 Å². The van der Waals surface area contributed by atoms with Gasteiger partial charge < -0.3 is 10.6 Å². The number of nitrogens with one attached hydrogen (secondary N) is 2. The summed E-state index contributed by atoms with van der Waals surface area (Å²) in [4.78, 5) is 19.9. The van der Waals surface area contributed by atoms with Gasteiger partial charge in [-0.1, -0.05) is 0 Å². The number of benzene rings is 1. The number of hydrogen-bond donors (Lipinski definition) is 2. The number of nitro groups is 2. The Bertz CT molecular complexity index is 549. The molecule has 10 heteroatoms. The summed E-state index contributed by atoms with van der Waals surface area (Å²) in [7, 11) is 0. The van der Waals surface area contributed by atoms with Crippen LogP contribution in [0.4, 0.5) is 11.4 Å². The van der Waals surface area contributed by atoms with Gasteiger partial charge in [-0.05, 0) is 36.8 Å². The van der Waals surface area contributed by atoms with Crippen LogP contribution in [-0.2, 0) is 0 Å². The minimum Gasteiger partial charge on any atom is -0.345 e. The van der Waals surface area contributed by atoms with Crippen molar-refractivity contribution in [2.75, 3.05) is 23.1 Å². The molecule has 0 radical (unpaired) electrons. The number of nitrogens with zero attached hydrogens (tertiary/aromatic N) is 2. The van der Waals surface area contributed by atoms with E-state index in [9.17, 15) is 20.2 Å². The van der Waals surface area contributed by atoms with Crippen LogP contribution in [-0.4, -0.2) is 22.4 Å². The predicted octanol–water partition coefficient (Wildman–Crippen LogP) is 3.39. The summed E-state index contributed by atoms with van der Waals surface area (Å²) >= 11 is 2.45. The molecule has 1 aromatic rings. The Labute approximate surface area is 135 Å². The first-order valence-corrected chi connectivity index (χ1v) is 8.32. The number of thioether (sulfide) groups is 2. The van der Waals surface area contributed by atoms with E-state index in [4.69, 9.17) is 0 Å². The molecule has 0 aliphatic heterocycles. The molecule has 0 aromatic heterocycles. The van der Waals surface area contributed by atoms with Crippen LogP contribution >= 0.6 is 23.5 Å². The van der Waals surface area contributed by atoms with Gasteiger partial charge >= 0.3 is 0 Å². The van der Waals surface area contributed by atoms with E-state index in [0.717, 1.165) is 12.4 Å². The molecule has 0 aliphatic rings. The highest BCUT2D eigenvalue weighted by molar-refractivity contribution is 8.02. The molecular weight excluding hydrogens is 328 g/mol. The number of rotatable bonds is 8. The van der Waals surface area contributed by atoms with Crippen LogP contribution in [0.3, 0.4) is 0 Å². The third kappa shape index (κ3) is 6.50. The largest absolute Gasteiger partial charge is 0.345 e. The highest BCUT2D eigenvalue weighted by atomic mass is 32.2. The minimum absolute atomic E-state index is 0.406. The highest BCUT2D eigenvalue weighted by Crippen LogP contribution is 2.22. The van der Waals surface area contributed by atoms with Gasteiger partial charge in [0.2, 0.25) is 0 Å². The Hall–Kier alpha value is -2.20. The van der Waals surface area contributed by atoms with Crippen molar-refractivity contribution in [1.29, 1.82) is 0 Å². The summed E-state index contributed by atoms with van der Waals surface area (Å²) in [6.45, 7) is 0. The lowest BCUT2D eigenvalue weighted by molar-refractivity contribution is -0.402. The molecular formula is C12H14N4O4S2. The van der Waals surface area contributed by atoms with Gasteiger partial charge in [0.15, 0.2) is 0 Å². The average Bonchev–Trinajstić information content (AvgIpc) is 2.46. The summed E-state index contributed by atoms with van der Waals surface area (Å²) in [6.07, 6.45) is 5.24. The van der Waals surface area contributed by atoms with Crippen LogP contribution in [0, 0.1) is 20.2 Å². The summed E-state index contributed by atoms with van der Waals surface area (Å²) in [5.74, 6) is 0. The number of anilines is 2. The molecule has 22 heavy (non-hydrogen) atoms. The van der Waals surface area contributed by atoms with Gasteiger partial charge in [0.1, 0.15) is 10.1 Å². The second-order valence-electron chi connectivity index (χ2n) is 3.79. The van der Waals surface area contributed by atoms with Crippen molar-refractivity contribution in [3.8, 4) is 0 Å². The van der Waals surface area contributed by atoms with Crippen LogP contribution in [0.5, 0.6) is 0 Å². The van der Waals surface area contributed by atoms with Gasteiger partial charge in [-0.3, -0.25) is 20.2 Å². The van der Waals surface area contributed by atoms with Gasteiger partial charge in [-0.15, -0.1) is 23.5 Å². The van der Waals surface area contributed by atoms with Gasteiger partial charge in [-0.25, -0.2) is 0 Å². The molecule has 0 atom stereocenters. The Balaban J connectivity index is 2.78. The molecule has 0 aliphatic carbocycles. The van der Waals surface area contributed by atoms with Crippen molar-refractivity contribution in [3.05, 3.63) is 67.0 Å². The monoisotopic (exact) mass is 342 g/mol. The molecule has 8 nitrogen and oxygen atoms in total. The molecule has 0 saturated carbocycles. The molecule has 0 heterocycles. The maximum absolute atomic E-state index is 10.5. The first-order valence-electron chi connectivity index (χ1n) is 5.87. The van der Waals surface area contributed by atoms with E-state index in [1.54, 1.807) is 36.8 Å². The molecule has 2 N–H and O–H groups in total. The van der Waals surface area contributed by atoms with Gasteiger partial charge in [-0.2, -0.15) is 0 Å². The molecule has 0 saturated heterocycles. The minimum atomic E-state index is -0.526. The molecule has 0 amide bonds. The van der Waals surface area contributed by atoms with Crippen LogP contribution in [0.25, 0.3) is 0 Å². The Morgan fingerprint density at radius 3 is 1.45 bits per heavy atom. The molecule has 0 unspecified atom stereocenters. The number of hydrogen-bond acceptors (Lipinski definition) is 8. The quantitative estimate of drug-likeness (QED) is 0.546. The first-order chi connectivity index (χ1) is 10.4. The lowest BCUT2D eigenvalue weighted by Gasteiger charge is -2.09. The van der Waals surface area contributed by atoms with Gasteiger partial charge in [0, 0.05) is 11.4 Å².